The lowest BCUT2D eigenvalue weighted by molar-refractivity contribution is -0.116. The first kappa shape index (κ1) is 18.2. The van der Waals surface area contributed by atoms with Crippen LogP contribution in [0.5, 0.6) is 0 Å². The summed E-state index contributed by atoms with van der Waals surface area (Å²) in [4.78, 5) is 23.3. The zero-order valence-electron chi connectivity index (χ0n) is 15.7. The van der Waals surface area contributed by atoms with Crippen molar-refractivity contribution in [2.45, 2.75) is 40.0 Å². The molecule has 0 unspecified atom stereocenters. The van der Waals surface area contributed by atoms with Crippen molar-refractivity contribution in [3.8, 4) is 0 Å². The zero-order chi connectivity index (χ0) is 18.5. The van der Waals surface area contributed by atoms with Crippen molar-refractivity contribution in [1.82, 2.24) is 9.97 Å². The summed E-state index contributed by atoms with van der Waals surface area (Å²) < 4.78 is 0. The van der Waals surface area contributed by atoms with Crippen molar-refractivity contribution >= 4 is 29.0 Å². The van der Waals surface area contributed by atoms with Crippen molar-refractivity contribution in [2.24, 2.45) is 5.92 Å². The quantitative estimate of drug-likeness (QED) is 0.818. The van der Waals surface area contributed by atoms with Gasteiger partial charge in [-0.2, -0.15) is 4.98 Å². The topological polar surface area (TPSA) is 70.2 Å². The van der Waals surface area contributed by atoms with E-state index in [1.807, 2.05) is 51.1 Å². The van der Waals surface area contributed by atoms with E-state index in [-0.39, 0.29) is 5.91 Å². The molecule has 1 fully saturated rings. The van der Waals surface area contributed by atoms with Crippen LogP contribution in [0.2, 0.25) is 0 Å². The van der Waals surface area contributed by atoms with Crippen LogP contribution in [0.15, 0.2) is 30.3 Å². The number of rotatable bonds is 6. The van der Waals surface area contributed by atoms with Crippen LogP contribution in [0.4, 0.5) is 23.1 Å². The maximum atomic E-state index is 11.9. The Labute approximate surface area is 155 Å². The third kappa shape index (κ3) is 4.94. The number of hydrogen-bond acceptors (Lipinski definition) is 5. The minimum atomic E-state index is 0.0439. The van der Waals surface area contributed by atoms with Gasteiger partial charge in [0.25, 0.3) is 0 Å². The lowest BCUT2D eigenvalue weighted by Crippen LogP contribution is -2.21. The number of aryl methyl sites for hydroxylation is 1. The molecule has 0 radical (unpaired) electrons. The number of nitrogens with one attached hydrogen (secondary N) is 2. The predicted molar refractivity (Wildman–Crippen MR) is 106 cm³/mol. The summed E-state index contributed by atoms with van der Waals surface area (Å²) in [5, 5.41) is 6.25. The molecule has 0 bridgehead atoms. The Bertz CT molecular complexity index is 751. The van der Waals surface area contributed by atoms with Gasteiger partial charge in [0.15, 0.2) is 0 Å². The third-order valence-electron chi connectivity index (χ3n) is 4.27. The second kappa shape index (κ2) is 8.17. The molecule has 2 aromatic rings. The van der Waals surface area contributed by atoms with Crippen LogP contribution < -0.4 is 15.5 Å². The van der Waals surface area contributed by atoms with Crippen LogP contribution in [0, 0.1) is 12.8 Å². The Hall–Kier alpha value is -2.63. The molecule has 3 rings (SSSR count). The van der Waals surface area contributed by atoms with Crippen molar-refractivity contribution in [3.63, 3.8) is 0 Å². The molecule has 1 aromatic heterocycles. The summed E-state index contributed by atoms with van der Waals surface area (Å²) in [7, 11) is 0. The molecule has 26 heavy (non-hydrogen) atoms. The highest BCUT2D eigenvalue weighted by Crippen LogP contribution is 2.22. The number of anilines is 4. The van der Waals surface area contributed by atoms with Gasteiger partial charge in [0.2, 0.25) is 11.9 Å². The lowest BCUT2D eigenvalue weighted by atomic mass is 10.1. The average Bonchev–Trinajstić information content (AvgIpc) is 3.10. The first-order chi connectivity index (χ1) is 12.5. The van der Waals surface area contributed by atoms with E-state index >= 15 is 0 Å². The van der Waals surface area contributed by atoms with Gasteiger partial charge in [-0.3, -0.25) is 4.79 Å². The van der Waals surface area contributed by atoms with Crippen LogP contribution in [-0.2, 0) is 4.79 Å². The van der Waals surface area contributed by atoms with Gasteiger partial charge in [0, 0.05) is 42.6 Å². The summed E-state index contributed by atoms with van der Waals surface area (Å²) in [5.41, 5.74) is 2.68. The molecule has 1 aromatic carbocycles. The number of carbonyl (C=O) groups is 1. The minimum absolute atomic E-state index is 0.0439. The van der Waals surface area contributed by atoms with Gasteiger partial charge in [-0.1, -0.05) is 13.8 Å². The van der Waals surface area contributed by atoms with Crippen molar-refractivity contribution in [2.75, 3.05) is 28.6 Å². The first-order valence-corrected chi connectivity index (χ1v) is 9.27. The Kier molecular flexibility index (Phi) is 5.71. The van der Waals surface area contributed by atoms with Gasteiger partial charge in [0.1, 0.15) is 5.82 Å². The van der Waals surface area contributed by atoms with Gasteiger partial charge in [0.05, 0.1) is 0 Å². The molecule has 2 N–H and O–H groups in total. The standard InChI is InChI=1S/C20H27N5O/c1-14(2)12-19(26)23-17-8-6-16(7-9-17)22-18-13-15(3)21-20(24-18)25-10-4-5-11-25/h6-9,13-14H,4-5,10-12H2,1-3H3,(H,23,26)(H,21,22,24). The van der Waals surface area contributed by atoms with Crippen LogP contribution in [0.3, 0.4) is 0 Å². The number of hydrogen-bond donors (Lipinski definition) is 2. The second-order valence-electron chi connectivity index (χ2n) is 7.24. The van der Waals surface area contributed by atoms with E-state index in [4.69, 9.17) is 0 Å². The Morgan fingerprint density at radius 2 is 1.77 bits per heavy atom. The van der Waals surface area contributed by atoms with E-state index < -0.39 is 0 Å². The monoisotopic (exact) mass is 353 g/mol. The molecule has 1 aliphatic heterocycles. The van der Waals surface area contributed by atoms with Crippen LogP contribution in [0.1, 0.15) is 38.8 Å². The zero-order valence-corrected chi connectivity index (χ0v) is 15.7. The fourth-order valence-corrected chi connectivity index (χ4v) is 3.04. The molecule has 0 aliphatic carbocycles. The Balaban J connectivity index is 1.66. The Morgan fingerprint density at radius 3 is 2.42 bits per heavy atom. The molecule has 0 atom stereocenters. The molecule has 0 saturated carbocycles. The van der Waals surface area contributed by atoms with Gasteiger partial charge in [-0.25, -0.2) is 4.98 Å². The molecule has 6 heteroatoms. The number of benzene rings is 1. The van der Waals surface area contributed by atoms with Crippen LogP contribution in [-0.4, -0.2) is 29.0 Å². The molecule has 1 aliphatic rings. The van der Waals surface area contributed by atoms with Crippen molar-refractivity contribution in [3.05, 3.63) is 36.0 Å². The van der Waals surface area contributed by atoms with Gasteiger partial charge < -0.3 is 15.5 Å². The number of nitrogens with zero attached hydrogens (tertiary/aromatic N) is 3. The van der Waals surface area contributed by atoms with Gasteiger partial charge in [-0.15, -0.1) is 0 Å². The maximum Gasteiger partial charge on any atom is 0.227 e. The highest BCUT2D eigenvalue weighted by Gasteiger charge is 2.16. The highest BCUT2D eigenvalue weighted by atomic mass is 16.1. The van der Waals surface area contributed by atoms with E-state index in [0.717, 1.165) is 41.9 Å². The smallest absolute Gasteiger partial charge is 0.227 e. The third-order valence-corrected chi connectivity index (χ3v) is 4.27. The van der Waals surface area contributed by atoms with Gasteiger partial charge >= 0.3 is 0 Å². The number of aromatic nitrogens is 2. The fraction of sp³-hybridized carbons (Fsp3) is 0.450. The normalized spacial score (nSPS) is 13.9. The van der Waals surface area contributed by atoms with Crippen molar-refractivity contribution in [1.29, 1.82) is 0 Å². The first-order valence-electron chi connectivity index (χ1n) is 9.27. The molecule has 2 heterocycles. The van der Waals surface area contributed by atoms with Gasteiger partial charge in [-0.05, 0) is 49.9 Å². The molecule has 138 valence electrons. The average molecular weight is 353 g/mol. The summed E-state index contributed by atoms with van der Waals surface area (Å²) in [5.74, 6) is 1.97. The highest BCUT2D eigenvalue weighted by molar-refractivity contribution is 5.91. The maximum absolute atomic E-state index is 11.9. The fourth-order valence-electron chi connectivity index (χ4n) is 3.04. The summed E-state index contributed by atoms with van der Waals surface area (Å²) in [6.45, 7) is 8.10. The van der Waals surface area contributed by atoms with E-state index in [0.29, 0.717) is 12.3 Å². The Morgan fingerprint density at radius 1 is 1.12 bits per heavy atom. The molecular formula is C20H27N5O. The molecule has 1 saturated heterocycles. The van der Waals surface area contributed by atoms with E-state index in [9.17, 15) is 4.79 Å². The largest absolute Gasteiger partial charge is 0.341 e. The summed E-state index contributed by atoms with van der Waals surface area (Å²) in [6.07, 6.45) is 2.92. The SMILES string of the molecule is Cc1cc(Nc2ccc(NC(=O)CC(C)C)cc2)nc(N2CCCC2)n1. The molecule has 6 nitrogen and oxygen atoms in total. The van der Waals surface area contributed by atoms with Crippen LogP contribution >= 0.6 is 0 Å². The summed E-state index contributed by atoms with van der Waals surface area (Å²) in [6, 6.07) is 9.62. The second-order valence-corrected chi connectivity index (χ2v) is 7.24. The predicted octanol–water partition coefficient (Wildman–Crippen LogP) is 4.11. The van der Waals surface area contributed by atoms with Crippen molar-refractivity contribution < 1.29 is 4.79 Å². The van der Waals surface area contributed by atoms with E-state index in [1.54, 1.807) is 0 Å². The molecule has 1 amide bonds. The van der Waals surface area contributed by atoms with E-state index in [2.05, 4.69) is 25.5 Å². The van der Waals surface area contributed by atoms with Crippen LogP contribution in [0.25, 0.3) is 0 Å². The number of carbonyl (C=O) groups excluding carboxylic acids is 1. The molecule has 0 spiro atoms. The lowest BCUT2D eigenvalue weighted by Gasteiger charge is -2.17. The summed E-state index contributed by atoms with van der Waals surface area (Å²) >= 11 is 0. The van der Waals surface area contributed by atoms with E-state index in [1.165, 1.54) is 12.8 Å². The molecular weight excluding hydrogens is 326 g/mol. The number of amides is 1. The minimum Gasteiger partial charge on any atom is -0.341 e.